The van der Waals surface area contributed by atoms with Gasteiger partial charge in [0.1, 0.15) is 11.6 Å². The summed E-state index contributed by atoms with van der Waals surface area (Å²) in [6.07, 6.45) is 3.28. The molecule has 2 rings (SSSR count). The monoisotopic (exact) mass is 314 g/mol. The molecular weight excluding hydrogens is 300 g/mol. The summed E-state index contributed by atoms with van der Waals surface area (Å²) in [5, 5.41) is 9.21. The van der Waals surface area contributed by atoms with E-state index in [1.165, 1.54) is 13.3 Å². The van der Waals surface area contributed by atoms with Crippen molar-refractivity contribution in [3.63, 3.8) is 0 Å². The number of rotatable bonds is 6. The summed E-state index contributed by atoms with van der Waals surface area (Å²) < 4.78 is 5.34. The van der Waals surface area contributed by atoms with Gasteiger partial charge in [-0.2, -0.15) is 5.10 Å². The predicted molar refractivity (Wildman–Crippen MR) is 75.2 cm³/mol. The van der Waals surface area contributed by atoms with Crippen molar-refractivity contribution < 1.29 is 14.3 Å². The van der Waals surface area contributed by atoms with Crippen LogP contribution in [0.25, 0.3) is 0 Å². The number of nitrogens with zero attached hydrogens (tertiary/aromatic N) is 2. The Labute approximate surface area is 125 Å². The Morgan fingerprint density at radius 3 is 2.86 bits per heavy atom. The van der Waals surface area contributed by atoms with E-state index in [0.717, 1.165) is 17.5 Å². The van der Waals surface area contributed by atoms with E-state index in [4.69, 9.17) is 11.6 Å². The number of carbonyl (C=O) groups excluding carboxylic acids is 2. The molecule has 21 heavy (non-hydrogen) atoms. The first-order valence-electron chi connectivity index (χ1n) is 6.37. The maximum absolute atomic E-state index is 11.9. The number of esters is 1. The highest BCUT2D eigenvalue weighted by Crippen LogP contribution is 2.18. The van der Waals surface area contributed by atoms with Crippen LogP contribution in [0.3, 0.4) is 0 Å². The van der Waals surface area contributed by atoms with E-state index >= 15 is 0 Å². The van der Waals surface area contributed by atoms with Crippen molar-refractivity contribution in [1.82, 2.24) is 15.1 Å². The molecule has 0 unspecified atom stereocenters. The highest BCUT2D eigenvalue weighted by atomic mass is 35.5. The molecule has 1 aromatic heterocycles. The summed E-state index contributed by atoms with van der Waals surface area (Å²) >= 11 is 5.91. The Hall–Kier alpha value is -2.09. The van der Waals surface area contributed by atoms with Crippen molar-refractivity contribution in [3.05, 3.63) is 21.6 Å². The van der Waals surface area contributed by atoms with Crippen LogP contribution >= 0.6 is 11.6 Å². The quantitative estimate of drug-likeness (QED) is 0.703. The predicted octanol–water partition coefficient (Wildman–Crippen LogP) is -0.240. The number of aromatic nitrogens is 2. The number of halogens is 1. The smallest absolute Gasteiger partial charge is 0.327 e. The fourth-order valence-electron chi connectivity index (χ4n) is 1.57. The molecule has 0 radical (unpaired) electrons. The van der Waals surface area contributed by atoms with Crippen LogP contribution in [0.2, 0.25) is 5.02 Å². The van der Waals surface area contributed by atoms with Gasteiger partial charge < -0.3 is 15.4 Å². The lowest BCUT2D eigenvalue weighted by molar-refractivity contribution is -0.141. The molecule has 0 spiro atoms. The minimum Gasteiger partial charge on any atom is -0.468 e. The number of methoxy groups -OCH3 is 1. The van der Waals surface area contributed by atoms with Gasteiger partial charge in [-0.15, -0.1) is 0 Å². The Balaban J connectivity index is 2.00. The lowest BCUT2D eigenvalue weighted by atomic mass is 10.4. The molecule has 0 atom stereocenters. The number of hydrogen-bond donors (Lipinski definition) is 2. The van der Waals surface area contributed by atoms with E-state index in [1.807, 2.05) is 0 Å². The first-order chi connectivity index (χ1) is 10.0. The molecule has 1 aromatic rings. The van der Waals surface area contributed by atoms with Gasteiger partial charge in [-0.25, -0.2) is 4.68 Å². The fourth-order valence-corrected chi connectivity index (χ4v) is 1.78. The van der Waals surface area contributed by atoms with Crippen LogP contribution in [0.1, 0.15) is 12.8 Å². The number of hydrogen-bond acceptors (Lipinski definition) is 6. The third-order valence-corrected chi connectivity index (χ3v) is 3.24. The molecule has 9 heteroatoms. The van der Waals surface area contributed by atoms with Crippen molar-refractivity contribution in [2.75, 3.05) is 19.0 Å². The van der Waals surface area contributed by atoms with Gasteiger partial charge in [0.2, 0.25) is 5.91 Å². The summed E-state index contributed by atoms with van der Waals surface area (Å²) in [6.45, 7) is -0.324. The summed E-state index contributed by atoms with van der Waals surface area (Å²) in [5.74, 6) is -0.780. The Kier molecular flexibility index (Phi) is 4.79. The minimum atomic E-state index is -0.630. The van der Waals surface area contributed by atoms with Crippen LogP contribution in [-0.2, 0) is 20.9 Å². The Bertz CT molecular complexity index is 612. The molecule has 0 bridgehead atoms. The topological polar surface area (TPSA) is 102 Å². The largest absolute Gasteiger partial charge is 0.468 e. The summed E-state index contributed by atoms with van der Waals surface area (Å²) in [5.41, 5.74) is -0.386. The molecule has 2 N–H and O–H groups in total. The average Bonchev–Trinajstić information content (AvgIpc) is 3.26. The maximum Gasteiger partial charge on any atom is 0.327 e. The van der Waals surface area contributed by atoms with E-state index < -0.39 is 11.5 Å². The van der Waals surface area contributed by atoms with Crippen molar-refractivity contribution in [1.29, 1.82) is 0 Å². The third kappa shape index (κ3) is 4.19. The van der Waals surface area contributed by atoms with Gasteiger partial charge in [0.05, 0.1) is 25.5 Å². The molecule has 114 valence electrons. The molecule has 0 aromatic carbocycles. The van der Waals surface area contributed by atoms with Gasteiger partial charge in [0.15, 0.2) is 0 Å². The molecule has 8 nitrogen and oxygen atoms in total. The Morgan fingerprint density at radius 1 is 1.52 bits per heavy atom. The van der Waals surface area contributed by atoms with Gasteiger partial charge in [-0.05, 0) is 12.8 Å². The van der Waals surface area contributed by atoms with E-state index in [9.17, 15) is 14.4 Å². The zero-order valence-electron chi connectivity index (χ0n) is 11.4. The van der Waals surface area contributed by atoms with Gasteiger partial charge in [0, 0.05) is 6.04 Å². The van der Waals surface area contributed by atoms with Gasteiger partial charge in [-0.3, -0.25) is 14.4 Å². The maximum atomic E-state index is 11.9. The van der Waals surface area contributed by atoms with Gasteiger partial charge >= 0.3 is 5.97 Å². The minimum absolute atomic E-state index is 0.00163. The van der Waals surface area contributed by atoms with Gasteiger partial charge in [-0.1, -0.05) is 11.6 Å². The second kappa shape index (κ2) is 6.57. The van der Waals surface area contributed by atoms with Crippen LogP contribution in [0.15, 0.2) is 11.0 Å². The highest BCUT2D eigenvalue weighted by Gasteiger charge is 2.23. The van der Waals surface area contributed by atoms with Crippen LogP contribution < -0.4 is 16.2 Å². The molecule has 1 fully saturated rings. The van der Waals surface area contributed by atoms with Crippen LogP contribution in [-0.4, -0.2) is 41.4 Å². The second-order valence-corrected chi connectivity index (χ2v) is 4.98. The van der Waals surface area contributed by atoms with Crippen molar-refractivity contribution in [2.24, 2.45) is 0 Å². The molecule has 0 saturated heterocycles. The lowest BCUT2D eigenvalue weighted by Crippen LogP contribution is -2.32. The van der Waals surface area contributed by atoms with Crippen LogP contribution in [0.4, 0.5) is 5.69 Å². The number of anilines is 1. The molecule has 1 heterocycles. The summed E-state index contributed by atoms with van der Waals surface area (Å²) in [6, 6.07) is 0.265. The van der Waals surface area contributed by atoms with Crippen molar-refractivity contribution in [3.8, 4) is 0 Å². The molecule has 1 amide bonds. The van der Waals surface area contributed by atoms with Gasteiger partial charge in [0.25, 0.3) is 5.56 Å². The Morgan fingerprint density at radius 2 is 2.24 bits per heavy atom. The highest BCUT2D eigenvalue weighted by molar-refractivity contribution is 6.33. The second-order valence-electron chi connectivity index (χ2n) is 4.61. The standard InChI is InChI=1S/C12H15ClN4O4/c1-21-10(19)6-17-12(20)11(13)8(4-15-17)14-5-9(18)16-7-2-3-7/h4,7,14H,2-3,5-6H2,1H3,(H,16,18). The van der Waals surface area contributed by atoms with Crippen LogP contribution in [0.5, 0.6) is 0 Å². The zero-order valence-corrected chi connectivity index (χ0v) is 12.1. The molecule has 1 aliphatic rings. The number of amides is 1. The lowest BCUT2D eigenvalue weighted by Gasteiger charge is -2.09. The van der Waals surface area contributed by atoms with Crippen LogP contribution in [0, 0.1) is 0 Å². The van der Waals surface area contributed by atoms with Crippen molar-refractivity contribution >= 4 is 29.2 Å². The fraction of sp³-hybridized carbons (Fsp3) is 0.500. The van der Waals surface area contributed by atoms with Crippen molar-refractivity contribution in [2.45, 2.75) is 25.4 Å². The first-order valence-corrected chi connectivity index (χ1v) is 6.74. The van der Waals surface area contributed by atoms with E-state index in [-0.39, 0.29) is 35.7 Å². The molecule has 1 saturated carbocycles. The normalized spacial score (nSPS) is 13.6. The zero-order chi connectivity index (χ0) is 15.4. The first kappa shape index (κ1) is 15.3. The molecule has 1 aliphatic carbocycles. The summed E-state index contributed by atoms with van der Waals surface area (Å²) in [4.78, 5) is 34.5. The number of carbonyl (C=O) groups is 2. The molecular formula is C12H15ClN4O4. The number of nitrogens with one attached hydrogen (secondary N) is 2. The third-order valence-electron chi connectivity index (χ3n) is 2.87. The SMILES string of the molecule is COC(=O)Cn1ncc(NCC(=O)NC2CC2)c(Cl)c1=O. The van der Waals surface area contributed by atoms with E-state index in [0.29, 0.717) is 0 Å². The average molecular weight is 315 g/mol. The van der Waals surface area contributed by atoms with E-state index in [2.05, 4.69) is 20.5 Å². The molecule has 0 aliphatic heterocycles. The summed E-state index contributed by atoms with van der Waals surface area (Å²) in [7, 11) is 1.21. The number of ether oxygens (including phenoxy) is 1. The van der Waals surface area contributed by atoms with E-state index in [1.54, 1.807) is 0 Å².